The summed E-state index contributed by atoms with van der Waals surface area (Å²) in [7, 11) is 0. The maximum Gasteiger partial charge on any atom is 0.179 e. The van der Waals surface area contributed by atoms with Crippen molar-refractivity contribution in [2.24, 2.45) is 0 Å². The zero-order chi connectivity index (χ0) is 7.68. The molecule has 0 aliphatic heterocycles. The maximum atomic E-state index is 4.11. The Hall–Kier alpha value is -1.03. The molecule has 0 fully saturated rings. The Morgan fingerprint density at radius 3 is 2.55 bits per heavy atom. The van der Waals surface area contributed by atoms with Crippen LogP contribution in [-0.2, 0) is 0 Å². The number of fused-ring (bicyclic) bond motifs is 1. The highest BCUT2D eigenvalue weighted by atomic mass is 79.9. The molecule has 2 rings (SSSR count). The molecule has 4 heteroatoms. The van der Waals surface area contributed by atoms with Gasteiger partial charge in [-0.3, -0.25) is 4.98 Å². The van der Waals surface area contributed by atoms with Gasteiger partial charge in [0.1, 0.15) is 5.52 Å². The van der Waals surface area contributed by atoms with Crippen molar-refractivity contribution in [1.29, 1.82) is 0 Å². The van der Waals surface area contributed by atoms with Crippen molar-refractivity contribution >= 4 is 27.1 Å². The lowest BCUT2D eigenvalue weighted by molar-refractivity contribution is 1.22. The molecule has 54 valence electrons. The third-order valence-corrected chi connectivity index (χ3v) is 1.96. The second-order valence-corrected chi connectivity index (χ2v) is 2.88. The summed E-state index contributed by atoms with van der Waals surface area (Å²) >= 11 is 3.35. The molecular formula is C7H4BrN3. The summed E-state index contributed by atoms with van der Waals surface area (Å²) in [5.74, 6) is 0. The summed E-state index contributed by atoms with van der Waals surface area (Å²) in [6, 6.07) is 1.84. The van der Waals surface area contributed by atoms with Gasteiger partial charge >= 0.3 is 0 Å². The van der Waals surface area contributed by atoms with E-state index in [1.807, 2.05) is 6.07 Å². The van der Waals surface area contributed by atoms with Gasteiger partial charge in [-0.25, -0.2) is 9.97 Å². The van der Waals surface area contributed by atoms with E-state index in [2.05, 4.69) is 30.9 Å². The van der Waals surface area contributed by atoms with Crippen LogP contribution in [0.4, 0.5) is 0 Å². The van der Waals surface area contributed by atoms with Crippen LogP contribution in [0.3, 0.4) is 0 Å². The van der Waals surface area contributed by atoms with Crippen LogP contribution in [-0.4, -0.2) is 15.0 Å². The van der Waals surface area contributed by atoms with Crippen LogP contribution in [0.15, 0.2) is 29.1 Å². The fourth-order valence-electron chi connectivity index (χ4n) is 0.846. The van der Waals surface area contributed by atoms with Crippen molar-refractivity contribution < 1.29 is 0 Å². The quantitative estimate of drug-likeness (QED) is 0.665. The van der Waals surface area contributed by atoms with Gasteiger partial charge in [0.15, 0.2) is 5.65 Å². The normalized spacial score (nSPS) is 10.3. The lowest BCUT2D eigenvalue weighted by Crippen LogP contribution is -1.85. The van der Waals surface area contributed by atoms with Gasteiger partial charge in [0.05, 0.1) is 0 Å². The average Bonchev–Trinajstić information content (AvgIpc) is 2.06. The SMILES string of the molecule is Brc1ccnc2nccnc12. The lowest BCUT2D eigenvalue weighted by atomic mass is 10.4. The third-order valence-electron chi connectivity index (χ3n) is 1.32. The first kappa shape index (κ1) is 6.67. The first-order valence-corrected chi connectivity index (χ1v) is 3.88. The fraction of sp³-hybridized carbons (Fsp3) is 0. The van der Waals surface area contributed by atoms with Crippen molar-refractivity contribution in [2.75, 3.05) is 0 Å². The van der Waals surface area contributed by atoms with Crippen molar-refractivity contribution in [3.8, 4) is 0 Å². The first-order valence-electron chi connectivity index (χ1n) is 3.09. The zero-order valence-electron chi connectivity index (χ0n) is 5.53. The van der Waals surface area contributed by atoms with E-state index in [-0.39, 0.29) is 0 Å². The Morgan fingerprint density at radius 1 is 1.00 bits per heavy atom. The van der Waals surface area contributed by atoms with Crippen LogP contribution >= 0.6 is 15.9 Å². The summed E-state index contributed by atoms with van der Waals surface area (Å²) < 4.78 is 0.926. The molecule has 0 N–H and O–H groups in total. The maximum absolute atomic E-state index is 4.11. The molecule has 2 heterocycles. The second kappa shape index (κ2) is 2.54. The van der Waals surface area contributed by atoms with E-state index >= 15 is 0 Å². The van der Waals surface area contributed by atoms with E-state index in [0.717, 1.165) is 9.99 Å². The number of aromatic nitrogens is 3. The van der Waals surface area contributed by atoms with Gasteiger partial charge in [-0.2, -0.15) is 0 Å². The van der Waals surface area contributed by atoms with Gasteiger partial charge in [0.2, 0.25) is 0 Å². The molecule has 0 unspecified atom stereocenters. The molecule has 0 amide bonds. The molecule has 3 nitrogen and oxygen atoms in total. The zero-order valence-corrected chi connectivity index (χ0v) is 7.12. The highest BCUT2D eigenvalue weighted by Gasteiger charge is 1.98. The minimum atomic E-state index is 0.668. The predicted octanol–water partition coefficient (Wildman–Crippen LogP) is 1.79. The number of rotatable bonds is 0. The molecule has 11 heavy (non-hydrogen) atoms. The van der Waals surface area contributed by atoms with Crippen LogP contribution in [0, 0.1) is 0 Å². The Balaban J connectivity index is 2.91. The van der Waals surface area contributed by atoms with E-state index in [1.165, 1.54) is 0 Å². The smallest absolute Gasteiger partial charge is 0.179 e. The molecule has 0 atom stereocenters. The first-order chi connectivity index (χ1) is 5.38. The molecule has 0 aliphatic rings. The van der Waals surface area contributed by atoms with Crippen LogP contribution in [0.1, 0.15) is 0 Å². The minimum Gasteiger partial charge on any atom is -0.250 e. The Morgan fingerprint density at radius 2 is 1.73 bits per heavy atom. The molecular weight excluding hydrogens is 206 g/mol. The van der Waals surface area contributed by atoms with Crippen molar-refractivity contribution in [3.05, 3.63) is 29.1 Å². The molecule has 0 saturated carbocycles. The topological polar surface area (TPSA) is 38.7 Å². The molecule has 0 aromatic carbocycles. The van der Waals surface area contributed by atoms with Crippen LogP contribution in [0.5, 0.6) is 0 Å². The largest absolute Gasteiger partial charge is 0.250 e. The highest BCUT2D eigenvalue weighted by Crippen LogP contribution is 2.16. The van der Waals surface area contributed by atoms with Crippen LogP contribution in [0.25, 0.3) is 11.2 Å². The average molecular weight is 210 g/mol. The van der Waals surface area contributed by atoms with Gasteiger partial charge in [-0.05, 0) is 22.0 Å². The van der Waals surface area contributed by atoms with E-state index < -0.39 is 0 Å². The van der Waals surface area contributed by atoms with E-state index in [4.69, 9.17) is 0 Å². The molecule has 0 bridgehead atoms. The fourth-order valence-corrected chi connectivity index (χ4v) is 1.24. The number of hydrogen-bond acceptors (Lipinski definition) is 3. The third kappa shape index (κ3) is 1.09. The van der Waals surface area contributed by atoms with Crippen LogP contribution in [0.2, 0.25) is 0 Å². The Kier molecular flexibility index (Phi) is 1.54. The lowest BCUT2D eigenvalue weighted by Gasteiger charge is -1.94. The minimum absolute atomic E-state index is 0.668. The Bertz CT molecular complexity index is 383. The standard InChI is InChI=1S/C7H4BrN3/c8-5-1-2-10-7-6(5)9-3-4-11-7/h1-4H. The monoisotopic (exact) mass is 209 g/mol. The molecule has 2 aromatic rings. The van der Waals surface area contributed by atoms with Gasteiger partial charge in [0, 0.05) is 23.1 Å². The van der Waals surface area contributed by atoms with Gasteiger partial charge < -0.3 is 0 Å². The predicted molar refractivity (Wildman–Crippen MR) is 45.0 cm³/mol. The number of halogens is 1. The van der Waals surface area contributed by atoms with Crippen molar-refractivity contribution in [2.45, 2.75) is 0 Å². The number of nitrogens with zero attached hydrogens (tertiary/aromatic N) is 3. The van der Waals surface area contributed by atoms with Crippen molar-refractivity contribution in [3.63, 3.8) is 0 Å². The van der Waals surface area contributed by atoms with Crippen molar-refractivity contribution in [1.82, 2.24) is 15.0 Å². The molecule has 0 saturated heterocycles. The van der Waals surface area contributed by atoms with E-state index in [0.29, 0.717) is 5.65 Å². The van der Waals surface area contributed by atoms with Crippen LogP contribution < -0.4 is 0 Å². The molecule has 0 aliphatic carbocycles. The molecule has 0 spiro atoms. The van der Waals surface area contributed by atoms with Gasteiger partial charge in [-0.15, -0.1) is 0 Å². The summed E-state index contributed by atoms with van der Waals surface area (Å²) in [4.78, 5) is 12.2. The summed E-state index contributed by atoms with van der Waals surface area (Å²) in [5, 5.41) is 0. The van der Waals surface area contributed by atoms with Gasteiger partial charge in [0.25, 0.3) is 0 Å². The highest BCUT2D eigenvalue weighted by molar-refractivity contribution is 9.10. The van der Waals surface area contributed by atoms with E-state index in [9.17, 15) is 0 Å². The Labute approximate surface area is 71.6 Å². The van der Waals surface area contributed by atoms with Gasteiger partial charge in [-0.1, -0.05) is 0 Å². The second-order valence-electron chi connectivity index (χ2n) is 2.02. The summed E-state index contributed by atoms with van der Waals surface area (Å²) in [6.45, 7) is 0. The van der Waals surface area contributed by atoms with E-state index in [1.54, 1.807) is 18.6 Å². The number of hydrogen-bond donors (Lipinski definition) is 0. The molecule has 0 radical (unpaired) electrons. The summed E-state index contributed by atoms with van der Waals surface area (Å²) in [6.07, 6.45) is 4.97. The number of pyridine rings is 1. The molecule has 2 aromatic heterocycles. The summed E-state index contributed by atoms with van der Waals surface area (Å²) in [5.41, 5.74) is 1.47.